The molecular weight excluding hydrogens is 379 g/mol. The fourth-order valence-electron chi connectivity index (χ4n) is 3.01. The Hall–Kier alpha value is -3.25. The van der Waals surface area contributed by atoms with Gasteiger partial charge in [-0.25, -0.2) is 14.4 Å². The highest BCUT2D eigenvalue weighted by Gasteiger charge is 2.15. The zero-order valence-electron chi connectivity index (χ0n) is 15.2. The molecule has 5 nitrogen and oxygen atoms in total. The van der Waals surface area contributed by atoms with Crippen molar-refractivity contribution in [1.82, 2.24) is 15.0 Å². The van der Waals surface area contributed by atoms with Crippen LogP contribution in [0.2, 0.25) is 5.02 Å². The molecule has 4 rings (SSSR count). The summed E-state index contributed by atoms with van der Waals surface area (Å²) in [5, 5.41) is 3.95. The van der Waals surface area contributed by atoms with E-state index in [0.717, 1.165) is 16.5 Å². The number of hydrogen-bond acceptors (Lipinski definition) is 5. The number of halogens is 2. The average Bonchev–Trinajstić information content (AvgIpc) is 2.74. The van der Waals surface area contributed by atoms with Gasteiger partial charge in [-0.05, 0) is 47.5 Å². The summed E-state index contributed by atoms with van der Waals surface area (Å²) in [5.74, 6) is 1.26. The first kappa shape index (κ1) is 18.1. The average molecular weight is 395 g/mol. The maximum Gasteiger partial charge on any atom is 0.163 e. The fourth-order valence-corrected chi connectivity index (χ4v) is 3.13. The molecule has 0 radical (unpaired) electrons. The van der Waals surface area contributed by atoms with Crippen molar-refractivity contribution >= 4 is 28.3 Å². The SMILES string of the molecule is CNc1nc(-c2cccnc2)nc2c(OC)cc(-c3ccc(Cl)c(F)c3)cc12. The number of hydrogen-bond donors (Lipinski definition) is 1. The van der Waals surface area contributed by atoms with Crippen LogP contribution in [0.4, 0.5) is 10.2 Å². The molecule has 0 aliphatic rings. The van der Waals surface area contributed by atoms with E-state index in [2.05, 4.69) is 20.3 Å². The Morgan fingerprint density at radius 3 is 2.57 bits per heavy atom. The van der Waals surface area contributed by atoms with E-state index in [-0.39, 0.29) is 5.02 Å². The molecule has 0 spiro atoms. The number of fused-ring (bicyclic) bond motifs is 1. The van der Waals surface area contributed by atoms with Crippen molar-refractivity contribution in [3.8, 4) is 28.3 Å². The van der Waals surface area contributed by atoms with Crippen LogP contribution in [-0.4, -0.2) is 29.1 Å². The van der Waals surface area contributed by atoms with Gasteiger partial charge in [-0.2, -0.15) is 0 Å². The summed E-state index contributed by atoms with van der Waals surface area (Å²) in [6.07, 6.45) is 3.40. The van der Waals surface area contributed by atoms with Crippen molar-refractivity contribution in [2.75, 3.05) is 19.5 Å². The van der Waals surface area contributed by atoms with Crippen LogP contribution in [0.5, 0.6) is 5.75 Å². The van der Waals surface area contributed by atoms with Gasteiger partial charge in [0.25, 0.3) is 0 Å². The molecule has 1 N–H and O–H groups in total. The first-order valence-electron chi connectivity index (χ1n) is 8.54. The molecule has 0 aliphatic heterocycles. The Balaban J connectivity index is 1.96. The van der Waals surface area contributed by atoms with Gasteiger partial charge in [0.1, 0.15) is 22.9 Å². The largest absolute Gasteiger partial charge is 0.494 e. The van der Waals surface area contributed by atoms with E-state index < -0.39 is 5.82 Å². The van der Waals surface area contributed by atoms with Crippen molar-refractivity contribution < 1.29 is 9.13 Å². The summed E-state index contributed by atoms with van der Waals surface area (Å²) in [6, 6.07) is 12.1. The van der Waals surface area contributed by atoms with E-state index in [1.54, 1.807) is 32.6 Å². The molecule has 28 heavy (non-hydrogen) atoms. The van der Waals surface area contributed by atoms with E-state index in [1.165, 1.54) is 12.1 Å². The van der Waals surface area contributed by atoms with Crippen LogP contribution in [0, 0.1) is 5.82 Å². The van der Waals surface area contributed by atoms with Gasteiger partial charge < -0.3 is 10.1 Å². The van der Waals surface area contributed by atoms with E-state index in [1.807, 2.05) is 24.3 Å². The maximum absolute atomic E-state index is 13.9. The minimum Gasteiger partial charge on any atom is -0.494 e. The first-order chi connectivity index (χ1) is 13.6. The Labute approximate surface area is 166 Å². The molecule has 0 aliphatic carbocycles. The molecule has 0 amide bonds. The van der Waals surface area contributed by atoms with Gasteiger partial charge in [-0.15, -0.1) is 0 Å². The minimum atomic E-state index is -0.477. The van der Waals surface area contributed by atoms with Gasteiger partial charge in [0.05, 0.1) is 12.1 Å². The second-order valence-corrected chi connectivity index (χ2v) is 6.50. The molecule has 2 aromatic heterocycles. The van der Waals surface area contributed by atoms with Crippen LogP contribution in [0.3, 0.4) is 0 Å². The molecule has 0 saturated carbocycles. The van der Waals surface area contributed by atoms with Gasteiger partial charge in [0, 0.05) is 30.4 Å². The molecule has 4 aromatic rings. The van der Waals surface area contributed by atoms with Crippen LogP contribution < -0.4 is 10.1 Å². The number of pyridine rings is 1. The van der Waals surface area contributed by atoms with Crippen molar-refractivity contribution in [3.05, 3.63) is 65.7 Å². The third kappa shape index (κ3) is 3.23. The quantitative estimate of drug-likeness (QED) is 0.515. The molecule has 7 heteroatoms. The molecular formula is C21H16ClFN4O. The van der Waals surface area contributed by atoms with Gasteiger partial charge in [-0.3, -0.25) is 4.98 Å². The van der Waals surface area contributed by atoms with E-state index in [4.69, 9.17) is 16.3 Å². The first-order valence-corrected chi connectivity index (χ1v) is 8.92. The van der Waals surface area contributed by atoms with Gasteiger partial charge in [-0.1, -0.05) is 17.7 Å². The highest BCUT2D eigenvalue weighted by atomic mass is 35.5. The normalized spacial score (nSPS) is 10.9. The molecule has 0 unspecified atom stereocenters. The molecule has 0 atom stereocenters. The number of rotatable bonds is 4. The lowest BCUT2D eigenvalue weighted by atomic mass is 10.0. The Kier molecular flexibility index (Phi) is 4.79. The number of benzene rings is 2. The van der Waals surface area contributed by atoms with Gasteiger partial charge in [0.15, 0.2) is 5.82 Å². The van der Waals surface area contributed by atoms with Crippen molar-refractivity contribution in [3.63, 3.8) is 0 Å². The molecule has 2 aromatic carbocycles. The Morgan fingerprint density at radius 2 is 1.89 bits per heavy atom. The lowest BCUT2D eigenvalue weighted by Gasteiger charge is -2.13. The van der Waals surface area contributed by atoms with Crippen LogP contribution in [0.15, 0.2) is 54.9 Å². The van der Waals surface area contributed by atoms with E-state index in [9.17, 15) is 4.39 Å². The molecule has 0 fully saturated rings. The molecule has 0 bridgehead atoms. The molecule has 2 heterocycles. The van der Waals surface area contributed by atoms with Gasteiger partial charge >= 0.3 is 0 Å². The van der Waals surface area contributed by atoms with E-state index >= 15 is 0 Å². The van der Waals surface area contributed by atoms with E-state index in [0.29, 0.717) is 28.5 Å². The van der Waals surface area contributed by atoms with Crippen molar-refractivity contribution in [2.24, 2.45) is 0 Å². The van der Waals surface area contributed by atoms with Crippen molar-refractivity contribution in [2.45, 2.75) is 0 Å². The second-order valence-electron chi connectivity index (χ2n) is 6.09. The predicted octanol–water partition coefficient (Wildman–Crippen LogP) is 5.20. The summed E-state index contributed by atoms with van der Waals surface area (Å²) in [4.78, 5) is 13.4. The number of ether oxygens (including phenoxy) is 1. The van der Waals surface area contributed by atoms with Crippen LogP contribution in [0.25, 0.3) is 33.4 Å². The highest BCUT2D eigenvalue weighted by Crippen LogP contribution is 2.36. The number of methoxy groups -OCH3 is 1. The zero-order chi connectivity index (χ0) is 19.7. The van der Waals surface area contributed by atoms with Crippen LogP contribution in [0.1, 0.15) is 0 Å². The second kappa shape index (κ2) is 7.40. The van der Waals surface area contributed by atoms with Crippen molar-refractivity contribution in [1.29, 1.82) is 0 Å². The minimum absolute atomic E-state index is 0.0804. The summed E-state index contributed by atoms with van der Waals surface area (Å²) in [7, 11) is 3.36. The Bertz CT molecular complexity index is 1170. The summed E-state index contributed by atoms with van der Waals surface area (Å²) in [5.41, 5.74) is 2.90. The topological polar surface area (TPSA) is 59.9 Å². The number of aromatic nitrogens is 3. The monoisotopic (exact) mass is 394 g/mol. The molecule has 0 saturated heterocycles. The third-order valence-corrected chi connectivity index (χ3v) is 4.70. The highest BCUT2D eigenvalue weighted by molar-refractivity contribution is 6.30. The van der Waals surface area contributed by atoms with Gasteiger partial charge in [0.2, 0.25) is 0 Å². The zero-order valence-corrected chi connectivity index (χ0v) is 16.0. The smallest absolute Gasteiger partial charge is 0.163 e. The summed E-state index contributed by atoms with van der Waals surface area (Å²) in [6.45, 7) is 0. The van der Waals surface area contributed by atoms with Crippen LogP contribution in [-0.2, 0) is 0 Å². The molecule has 140 valence electrons. The number of nitrogens with one attached hydrogen (secondary N) is 1. The maximum atomic E-state index is 13.9. The third-order valence-electron chi connectivity index (χ3n) is 4.39. The standard InChI is InChI=1S/C21H16ClFN4O/c1-24-21-15-8-14(12-5-6-16(22)17(23)9-12)10-18(28-2)19(15)26-20(27-21)13-4-3-7-25-11-13/h3-11H,1-2H3,(H,24,26,27). The summed E-state index contributed by atoms with van der Waals surface area (Å²) >= 11 is 5.81. The van der Waals surface area contributed by atoms with Crippen LogP contribution >= 0.6 is 11.6 Å². The lowest BCUT2D eigenvalue weighted by molar-refractivity contribution is 0.419. The number of nitrogens with zero attached hydrogens (tertiary/aromatic N) is 3. The Morgan fingerprint density at radius 1 is 1.04 bits per heavy atom. The fraction of sp³-hybridized carbons (Fsp3) is 0.0952. The summed E-state index contributed by atoms with van der Waals surface area (Å²) < 4.78 is 19.5. The number of anilines is 1. The predicted molar refractivity (Wildman–Crippen MR) is 109 cm³/mol. The lowest BCUT2D eigenvalue weighted by Crippen LogP contribution is -2.01.